The third-order valence-electron chi connectivity index (χ3n) is 3.42. The van der Waals surface area contributed by atoms with E-state index >= 15 is 0 Å². The molecule has 0 saturated heterocycles. The maximum absolute atomic E-state index is 12.1. The van der Waals surface area contributed by atoms with E-state index in [0.717, 1.165) is 11.8 Å². The summed E-state index contributed by atoms with van der Waals surface area (Å²) in [5.41, 5.74) is 0.334. The Hall–Kier alpha value is -3.01. The first-order valence-electron chi connectivity index (χ1n) is 8.14. The van der Waals surface area contributed by atoms with E-state index in [2.05, 4.69) is 10.5 Å². The summed E-state index contributed by atoms with van der Waals surface area (Å²) in [5, 5.41) is 6.17. The number of anilines is 1. The summed E-state index contributed by atoms with van der Waals surface area (Å²) in [7, 11) is 2.95. The van der Waals surface area contributed by atoms with Crippen molar-refractivity contribution in [1.29, 1.82) is 0 Å². The van der Waals surface area contributed by atoms with E-state index in [4.69, 9.17) is 18.7 Å². The lowest BCUT2D eigenvalue weighted by Crippen LogP contribution is -2.18. The van der Waals surface area contributed by atoms with Crippen molar-refractivity contribution in [2.45, 2.75) is 6.92 Å². The number of hydrogen-bond acceptors (Lipinski definition) is 9. The predicted octanol–water partition coefficient (Wildman–Crippen LogP) is 2.10. The molecule has 1 aromatic heterocycles. The fraction of sp³-hybridized carbons (Fsp3) is 0.333. The zero-order valence-corrected chi connectivity index (χ0v) is 16.5. The number of hydrogen-bond donors (Lipinski definition) is 1. The number of benzene rings is 1. The molecule has 0 radical (unpaired) electrons. The number of Topliss-reactive ketones (excluding diaryl/α,β-unsaturated/α-hetero) is 1. The Labute approximate surface area is 165 Å². The molecule has 150 valence electrons. The standard InChI is InChI=1S/C18H20N2O7S/c1-11-6-16(20-27-11)19-17(22)9-28-10-18(23)26-8-13(21)12-4-5-14(24-2)15(7-12)25-3/h4-7H,8-10H2,1-3H3,(H,19,20,22). The summed E-state index contributed by atoms with van der Waals surface area (Å²) < 4.78 is 20.0. The van der Waals surface area contributed by atoms with E-state index in [1.165, 1.54) is 20.3 Å². The normalized spacial score (nSPS) is 10.2. The summed E-state index contributed by atoms with van der Waals surface area (Å²) >= 11 is 1.06. The highest BCUT2D eigenvalue weighted by atomic mass is 32.2. The van der Waals surface area contributed by atoms with Crippen molar-refractivity contribution >= 4 is 35.2 Å². The number of thioether (sulfide) groups is 1. The lowest BCUT2D eigenvalue weighted by atomic mass is 10.1. The number of nitrogens with one attached hydrogen (secondary N) is 1. The highest BCUT2D eigenvalue weighted by Gasteiger charge is 2.14. The Morgan fingerprint density at radius 1 is 1.11 bits per heavy atom. The van der Waals surface area contributed by atoms with Crippen LogP contribution in [0.2, 0.25) is 0 Å². The second-order valence-electron chi connectivity index (χ2n) is 5.52. The lowest BCUT2D eigenvalue weighted by Gasteiger charge is -2.09. The van der Waals surface area contributed by atoms with Gasteiger partial charge in [0.05, 0.1) is 25.7 Å². The Balaban J connectivity index is 1.71. The quantitative estimate of drug-likeness (QED) is 0.466. The van der Waals surface area contributed by atoms with Gasteiger partial charge in [0.25, 0.3) is 0 Å². The maximum atomic E-state index is 12.1. The van der Waals surface area contributed by atoms with Crippen molar-refractivity contribution in [2.75, 3.05) is 37.6 Å². The third-order valence-corrected chi connectivity index (χ3v) is 4.32. The minimum atomic E-state index is -0.594. The molecule has 1 amide bonds. The van der Waals surface area contributed by atoms with E-state index in [1.807, 2.05) is 0 Å². The number of carbonyl (C=O) groups is 3. The highest BCUT2D eigenvalue weighted by molar-refractivity contribution is 8.00. The average Bonchev–Trinajstić information content (AvgIpc) is 3.09. The smallest absolute Gasteiger partial charge is 0.316 e. The van der Waals surface area contributed by atoms with Gasteiger partial charge in [-0.25, -0.2) is 0 Å². The number of ether oxygens (including phenoxy) is 3. The van der Waals surface area contributed by atoms with Crippen LogP contribution in [0.3, 0.4) is 0 Å². The van der Waals surface area contributed by atoms with Crippen LogP contribution in [0.5, 0.6) is 11.5 Å². The van der Waals surface area contributed by atoms with Crippen molar-refractivity contribution in [3.63, 3.8) is 0 Å². The van der Waals surface area contributed by atoms with Crippen LogP contribution in [0, 0.1) is 6.92 Å². The number of methoxy groups -OCH3 is 2. The Morgan fingerprint density at radius 2 is 1.86 bits per heavy atom. The molecule has 0 fully saturated rings. The third kappa shape index (κ3) is 6.31. The van der Waals surface area contributed by atoms with Gasteiger partial charge in [0.2, 0.25) is 5.91 Å². The van der Waals surface area contributed by atoms with Crippen LogP contribution in [0.15, 0.2) is 28.8 Å². The molecule has 0 bridgehead atoms. The molecule has 1 N–H and O–H groups in total. The summed E-state index contributed by atoms with van der Waals surface area (Å²) in [6.45, 7) is 1.30. The van der Waals surface area contributed by atoms with E-state index in [0.29, 0.717) is 28.6 Å². The summed E-state index contributed by atoms with van der Waals surface area (Å²) in [6, 6.07) is 6.25. The molecule has 10 heteroatoms. The number of amides is 1. The zero-order chi connectivity index (χ0) is 20.5. The van der Waals surface area contributed by atoms with Crippen LogP contribution < -0.4 is 14.8 Å². The molecule has 0 spiro atoms. The molecule has 2 rings (SSSR count). The number of esters is 1. The number of carbonyl (C=O) groups excluding carboxylic acids is 3. The molecule has 28 heavy (non-hydrogen) atoms. The fourth-order valence-electron chi connectivity index (χ4n) is 2.11. The minimum absolute atomic E-state index is 0.0324. The van der Waals surface area contributed by atoms with Gasteiger partial charge in [0, 0.05) is 11.6 Å². The topological polar surface area (TPSA) is 117 Å². The fourth-order valence-corrected chi connectivity index (χ4v) is 2.72. The van der Waals surface area contributed by atoms with Gasteiger partial charge in [0.15, 0.2) is 29.7 Å². The van der Waals surface area contributed by atoms with Gasteiger partial charge in [-0.1, -0.05) is 5.16 Å². The van der Waals surface area contributed by atoms with Crippen molar-refractivity contribution in [1.82, 2.24) is 5.16 Å². The molecule has 0 unspecified atom stereocenters. The molecule has 9 nitrogen and oxygen atoms in total. The first-order chi connectivity index (χ1) is 13.4. The largest absolute Gasteiger partial charge is 0.493 e. The Morgan fingerprint density at radius 3 is 2.50 bits per heavy atom. The average molecular weight is 408 g/mol. The van der Waals surface area contributed by atoms with E-state index < -0.39 is 12.6 Å². The lowest BCUT2D eigenvalue weighted by molar-refractivity contribution is -0.139. The molecular formula is C18H20N2O7S. The van der Waals surface area contributed by atoms with E-state index in [1.54, 1.807) is 25.1 Å². The SMILES string of the molecule is COc1ccc(C(=O)COC(=O)CSCC(=O)Nc2cc(C)on2)cc1OC. The van der Waals surface area contributed by atoms with Gasteiger partial charge in [0.1, 0.15) is 5.76 Å². The number of aryl methyl sites for hydroxylation is 1. The molecule has 0 saturated carbocycles. The number of nitrogens with zero attached hydrogens (tertiary/aromatic N) is 1. The minimum Gasteiger partial charge on any atom is -0.493 e. The van der Waals surface area contributed by atoms with Gasteiger partial charge >= 0.3 is 5.97 Å². The van der Waals surface area contributed by atoms with E-state index in [9.17, 15) is 14.4 Å². The molecule has 1 heterocycles. The number of aromatic nitrogens is 1. The first-order valence-corrected chi connectivity index (χ1v) is 9.30. The molecule has 0 aliphatic heterocycles. The van der Waals surface area contributed by atoms with Gasteiger partial charge in [-0.15, -0.1) is 11.8 Å². The van der Waals surface area contributed by atoms with Crippen molar-refractivity contribution in [3.8, 4) is 11.5 Å². The Bertz CT molecular complexity index is 850. The van der Waals surface area contributed by atoms with Crippen LogP contribution in [-0.2, 0) is 14.3 Å². The molecule has 0 atom stereocenters. The predicted molar refractivity (Wildman–Crippen MR) is 102 cm³/mol. The van der Waals surface area contributed by atoms with Crippen LogP contribution in [-0.4, -0.2) is 55.1 Å². The Kier molecular flexibility index (Phi) is 7.88. The molecule has 0 aliphatic rings. The number of ketones is 1. The highest BCUT2D eigenvalue weighted by Crippen LogP contribution is 2.27. The molecule has 2 aromatic rings. The van der Waals surface area contributed by atoms with Crippen LogP contribution >= 0.6 is 11.8 Å². The van der Waals surface area contributed by atoms with E-state index in [-0.39, 0.29) is 23.2 Å². The molecule has 0 aliphatic carbocycles. The van der Waals surface area contributed by atoms with Gasteiger partial charge in [-0.2, -0.15) is 0 Å². The second-order valence-corrected chi connectivity index (χ2v) is 6.50. The van der Waals surface area contributed by atoms with Gasteiger partial charge < -0.3 is 24.1 Å². The zero-order valence-electron chi connectivity index (χ0n) is 15.6. The second kappa shape index (κ2) is 10.4. The monoisotopic (exact) mass is 408 g/mol. The first kappa shape index (κ1) is 21.3. The molecular weight excluding hydrogens is 388 g/mol. The molecule has 1 aromatic carbocycles. The summed E-state index contributed by atoms with van der Waals surface area (Å²) in [4.78, 5) is 35.6. The van der Waals surface area contributed by atoms with Gasteiger partial charge in [-0.05, 0) is 25.1 Å². The van der Waals surface area contributed by atoms with Crippen LogP contribution in [0.4, 0.5) is 5.82 Å². The van der Waals surface area contributed by atoms with Crippen molar-refractivity contribution in [3.05, 3.63) is 35.6 Å². The maximum Gasteiger partial charge on any atom is 0.316 e. The summed E-state index contributed by atoms with van der Waals surface area (Å²) in [6.07, 6.45) is 0. The van der Waals surface area contributed by atoms with Crippen LogP contribution in [0.25, 0.3) is 0 Å². The van der Waals surface area contributed by atoms with Crippen LogP contribution in [0.1, 0.15) is 16.1 Å². The summed E-state index contributed by atoms with van der Waals surface area (Å²) in [5.74, 6) is 0.455. The number of rotatable bonds is 10. The van der Waals surface area contributed by atoms with Gasteiger partial charge in [-0.3, -0.25) is 14.4 Å². The van der Waals surface area contributed by atoms with Crippen molar-refractivity contribution < 1.29 is 33.1 Å². The van der Waals surface area contributed by atoms with Crippen molar-refractivity contribution in [2.24, 2.45) is 0 Å².